The fourth-order valence-electron chi connectivity index (χ4n) is 2.95. The molecular formula is C24H25FN2O3S. The molecule has 0 saturated heterocycles. The summed E-state index contributed by atoms with van der Waals surface area (Å²) in [6.45, 7) is 5.12. The monoisotopic (exact) mass is 440 g/mol. The number of likely N-dealkylation sites (N-methyl/N-ethyl adjacent to an activating group) is 1. The van der Waals surface area contributed by atoms with Gasteiger partial charge in [-0.2, -0.15) is 0 Å². The Balaban J connectivity index is 1.56. The van der Waals surface area contributed by atoms with E-state index in [1.165, 1.54) is 19.3 Å². The lowest BCUT2D eigenvalue weighted by molar-refractivity contribution is -0.126. The average Bonchev–Trinajstić information content (AvgIpc) is 3.20. The number of hydrogen-bond donors (Lipinski definition) is 0. The Bertz CT molecular complexity index is 1050. The van der Waals surface area contributed by atoms with Gasteiger partial charge in [-0.25, -0.2) is 9.37 Å². The van der Waals surface area contributed by atoms with E-state index in [0.717, 1.165) is 22.0 Å². The van der Waals surface area contributed by atoms with Crippen LogP contribution in [0.15, 0.2) is 53.9 Å². The molecule has 1 amide bonds. The number of rotatable bonds is 9. The maximum absolute atomic E-state index is 13.9. The summed E-state index contributed by atoms with van der Waals surface area (Å²) in [4.78, 5) is 18.6. The van der Waals surface area contributed by atoms with Crippen LogP contribution in [0.1, 0.15) is 28.8 Å². The molecule has 0 bridgehead atoms. The van der Waals surface area contributed by atoms with Gasteiger partial charge < -0.3 is 14.4 Å². The molecule has 162 valence electrons. The number of hydrogen-bond acceptors (Lipinski definition) is 5. The highest BCUT2D eigenvalue weighted by Gasteiger charge is 2.11. The summed E-state index contributed by atoms with van der Waals surface area (Å²) in [6.07, 6.45) is 3.28. The van der Waals surface area contributed by atoms with Crippen molar-refractivity contribution in [3.8, 4) is 11.5 Å². The van der Waals surface area contributed by atoms with Crippen molar-refractivity contribution >= 4 is 23.3 Å². The summed E-state index contributed by atoms with van der Waals surface area (Å²) in [5.74, 6) is 0.349. The number of benzene rings is 2. The summed E-state index contributed by atoms with van der Waals surface area (Å²) < 4.78 is 24.6. The number of aryl methyl sites for hydroxylation is 1. The molecule has 3 aromatic rings. The summed E-state index contributed by atoms with van der Waals surface area (Å²) in [6, 6.07) is 12.2. The van der Waals surface area contributed by atoms with Gasteiger partial charge in [0.15, 0.2) is 11.6 Å². The van der Waals surface area contributed by atoms with Gasteiger partial charge in [-0.05, 0) is 55.3 Å². The molecular weight excluding hydrogens is 415 g/mol. The Morgan fingerprint density at radius 3 is 2.61 bits per heavy atom. The predicted molar refractivity (Wildman–Crippen MR) is 121 cm³/mol. The fraction of sp³-hybridized carbons (Fsp3) is 0.250. The Hall–Kier alpha value is -3.19. The van der Waals surface area contributed by atoms with Gasteiger partial charge in [-0.3, -0.25) is 4.79 Å². The molecule has 0 aliphatic carbocycles. The van der Waals surface area contributed by atoms with Gasteiger partial charge in [0.05, 0.1) is 17.8 Å². The van der Waals surface area contributed by atoms with Crippen molar-refractivity contribution in [3.05, 3.63) is 81.6 Å². The van der Waals surface area contributed by atoms with E-state index in [2.05, 4.69) is 4.98 Å². The van der Waals surface area contributed by atoms with E-state index in [1.807, 2.05) is 43.5 Å². The standard InChI is InChI=1S/C24H25FN2O3S/c1-4-27(14-19-7-11-23(29-3)22(25)13-19)24(28)12-8-18-5-9-21(10-6-18)30-15-20-16-31-17(2)26-20/h5-13,16H,4,14-15H2,1-3H3/b12-8+. The third-order valence-electron chi connectivity index (χ3n) is 4.63. The van der Waals surface area contributed by atoms with E-state index in [0.29, 0.717) is 25.3 Å². The Morgan fingerprint density at radius 2 is 2.00 bits per heavy atom. The van der Waals surface area contributed by atoms with Crippen molar-refractivity contribution in [1.82, 2.24) is 9.88 Å². The molecule has 0 atom stereocenters. The third-order valence-corrected chi connectivity index (χ3v) is 5.46. The summed E-state index contributed by atoms with van der Waals surface area (Å²) >= 11 is 1.60. The molecule has 0 aliphatic rings. The first kappa shape index (κ1) is 22.5. The van der Waals surface area contributed by atoms with Crippen LogP contribution in [-0.2, 0) is 17.9 Å². The molecule has 1 aromatic heterocycles. The molecule has 31 heavy (non-hydrogen) atoms. The Labute approximate surface area is 185 Å². The number of halogens is 1. The SMILES string of the molecule is CCN(Cc1ccc(OC)c(F)c1)C(=O)/C=C/c1ccc(OCc2csc(C)n2)cc1. The number of nitrogens with zero attached hydrogens (tertiary/aromatic N) is 2. The van der Waals surface area contributed by atoms with Crippen LogP contribution in [0, 0.1) is 12.7 Å². The highest BCUT2D eigenvalue weighted by molar-refractivity contribution is 7.09. The lowest BCUT2D eigenvalue weighted by Gasteiger charge is -2.19. The highest BCUT2D eigenvalue weighted by atomic mass is 32.1. The number of ether oxygens (including phenoxy) is 2. The molecule has 0 N–H and O–H groups in total. The van der Waals surface area contributed by atoms with Gasteiger partial charge in [-0.15, -0.1) is 11.3 Å². The zero-order valence-electron chi connectivity index (χ0n) is 17.8. The van der Waals surface area contributed by atoms with Crippen molar-refractivity contribution in [1.29, 1.82) is 0 Å². The van der Waals surface area contributed by atoms with Crippen molar-refractivity contribution in [3.63, 3.8) is 0 Å². The fourth-order valence-corrected chi connectivity index (χ4v) is 3.55. The van der Waals surface area contributed by atoms with E-state index in [4.69, 9.17) is 9.47 Å². The lowest BCUT2D eigenvalue weighted by atomic mass is 10.1. The first-order valence-corrected chi connectivity index (χ1v) is 10.8. The maximum atomic E-state index is 13.9. The number of carbonyl (C=O) groups excluding carboxylic acids is 1. The van der Waals surface area contributed by atoms with Crippen LogP contribution in [0.2, 0.25) is 0 Å². The molecule has 5 nitrogen and oxygen atoms in total. The number of carbonyl (C=O) groups is 1. The number of methoxy groups -OCH3 is 1. The first-order chi connectivity index (χ1) is 15.0. The summed E-state index contributed by atoms with van der Waals surface area (Å²) in [5, 5.41) is 3.00. The van der Waals surface area contributed by atoms with Crippen molar-refractivity contribution in [2.75, 3.05) is 13.7 Å². The molecule has 0 fully saturated rings. The molecule has 0 aliphatic heterocycles. The quantitative estimate of drug-likeness (QED) is 0.427. The van der Waals surface area contributed by atoms with E-state index >= 15 is 0 Å². The van der Waals surface area contributed by atoms with Gasteiger partial charge in [-0.1, -0.05) is 18.2 Å². The minimum atomic E-state index is -0.439. The predicted octanol–water partition coefficient (Wildman–Crippen LogP) is 5.24. The number of aromatic nitrogens is 1. The average molecular weight is 441 g/mol. The first-order valence-electron chi connectivity index (χ1n) is 9.91. The minimum Gasteiger partial charge on any atom is -0.494 e. The van der Waals surface area contributed by atoms with Crippen LogP contribution in [0.5, 0.6) is 11.5 Å². The molecule has 3 rings (SSSR count). The van der Waals surface area contributed by atoms with Crippen molar-refractivity contribution < 1.29 is 18.7 Å². The van der Waals surface area contributed by atoms with Crippen LogP contribution in [0.25, 0.3) is 6.08 Å². The summed E-state index contributed by atoms with van der Waals surface area (Å²) in [7, 11) is 1.42. The van der Waals surface area contributed by atoms with E-state index in [9.17, 15) is 9.18 Å². The zero-order chi connectivity index (χ0) is 22.2. The highest BCUT2D eigenvalue weighted by Crippen LogP contribution is 2.19. The largest absolute Gasteiger partial charge is 0.494 e. The van der Waals surface area contributed by atoms with Crippen molar-refractivity contribution in [2.45, 2.75) is 27.0 Å². The zero-order valence-corrected chi connectivity index (χ0v) is 18.6. The summed E-state index contributed by atoms with van der Waals surface area (Å²) in [5.41, 5.74) is 2.50. The van der Waals surface area contributed by atoms with Gasteiger partial charge in [0.1, 0.15) is 12.4 Å². The van der Waals surface area contributed by atoms with Crippen molar-refractivity contribution in [2.24, 2.45) is 0 Å². The van der Waals surface area contributed by atoms with E-state index in [-0.39, 0.29) is 11.7 Å². The number of thiazole rings is 1. The third kappa shape index (κ3) is 6.39. The van der Waals surface area contributed by atoms with Gasteiger partial charge >= 0.3 is 0 Å². The minimum absolute atomic E-state index is 0.141. The van der Waals surface area contributed by atoms with Crippen LogP contribution in [-0.4, -0.2) is 29.4 Å². The Kier molecular flexibility index (Phi) is 7.78. The molecule has 0 spiro atoms. The molecule has 0 unspecified atom stereocenters. The second-order valence-electron chi connectivity index (χ2n) is 6.87. The maximum Gasteiger partial charge on any atom is 0.246 e. The van der Waals surface area contributed by atoms with Crippen LogP contribution >= 0.6 is 11.3 Å². The number of amides is 1. The molecule has 7 heteroatoms. The van der Waals surface area contributed by atoms with Gasteiger partial charge in [0.2, 0.25) is 5.91 Å². The molecule has 0 saturated carbocycles. The van der Waals surface area contributed by atoms with Crippen LogP contribution < -0.4 is 9.47 Å². The topological polar surface area (TPSA) is 51.7 Å². The van der Waals surface area contributed by atoms with Gasteiger partial charge in [0.25, 0.3) is 0 Å². The van der Waals surface area contributed by atoms with Crippen LogP contribution in [0.3, 0.4) is 0 Å². The molecule has 2 aromatic carbocycles. The van der Waals surface area contributed by atoms with E-state index < -0.39 is 5.82 Å². The lowest BCUT2D eigenvalue weighted by Crippen LogP contribution is -2.28. The smallest absolute Gasteiger partial charge is 0.246 e. The second kappa shape index (κ2) is 10.7. The van der Waals surface area contributed by atoms with Crippen LogP contribution in [0.4, 0.5) is 4.39 Å². The molecule has 1 heterocycles. The normalized spacial score (nSPS) is 11.0. The second-order valence-corrected chi connectivity index (χ2v) is 7.93. The van der Waals surface area contributed by atoms with Gasteiger partial charge in [0, 0.05) is 24.5 Å². The Morgan fingerprint density at radius 1 is 1.23 bits per heavy atom. The molecule has 0 radical (unpaired) electrons. The van der Waals surface area contributed by atoms with E-state index in [1.54, 1.807) is 34.4 Å².